The Balaban J connectivity index is 1.41. The number of amides is 2. The summed E-state index contributed by atoms with van der Waals surface area (Å²) in [5.41, 5.74) is 1.40. The number of thiocarbonyl (C=S) groups is 1. The number of para-hydroxylation sites is 1. The molecule has 2 saturated heterocycles. The van der Waals surface area contributed by atoms with Gasteiger partial charge in [-0.1, -0.05) is 25.1 Å². The predicted octanol–water partition coefficient (Wildman–Crippen LogP) is 3.44. The minimum atomic E-state index is -0.632. The maximum atomic E-state index is 13.5. The standard InChI is InChI=1S/C28H37N5O3S/c1-3-30-17-19-31(20-18-30)15-8-16-32-25(27(35)33(28(32)37)23-9-6-5-7-10-23)21-26(34)29-22-11-13-24(14-12-22)36-4-2/h5-7,9-14,25H,3-4,8,15-21H2,1-2H3,(H,29,34)/t25-/m0/s1. The quantitative estimate of drug-likeness (QED) is 0.453. The summed E-state index contributed by atoms with van der Waals surface area (Å²) < 4.78 is 5.47. The molecule has 0 saturated carbocycles. The van der Waals surface area contributed by atoms with Crippen LogP contribution in [0.3, 0.4) is 0 Å². The highest BCUT2D eigenvalue weighted by atomic mass is 32.1. The fourth-order valence-corrected chi connectivity index (χ4v) is 5.30. The van der Waals surface area contributed by atoms with Gasteiger partial charge < -0.3 is 24.8 Å². The molecule has 0 unspecified atom stereocenters. The highest BCUT2D eigenvalue weighted by molar-refractivity contribution is 7.80. The van der Waals surface area contributed by atoms with E-state index in [1.165, 1.54) is 0 Å². The lowest BCUT2D eigenvalue weighted by Gasteiger charge is -2.34. The van der Waals surface area contributed by atoms with Crippen molar-refractivity contribution in [3.8, 4) is 5.75 Å². The molecule has 2 amide bonds. The first-order valence-corrected chi connectivity index (χ1v) is 13.6. The summed E-state index contributed by atoms with van der Waals surface area (Å²) in [7, 11) is 0. The summed E-state index contributed by atoms with van der Waals surface area (Å²) in [5, 5.41) is 3.38. The number of hydrogen-bond donors (Lipinski definition) is 1. The number of benzene rings is 2. The Kier molecular flexibility index (Phi) is 9.49. The van der Waals surface area contributed by atoms with Crippen LogP contribution in [0.1, 0.15) is 26.7 Å². The maximum Gasteiger partial charge on any atom is 0.256 e. The fourth-order valence-electron chi connectivity index (χ4n) is 4.88. The van der Waals surface area contributed by atoms with Crippen LogP contribution in [-0.2, 0) is 9.59 Å². The zero-order valence-corrected chi connectivity index (χ0v) is 22.6. The smallest absolute Gasteiger partial charge is 0.256 e. The molecule has 0 radical (unpaired) electrons. The number of carbonyl (C=O) groups excluding carboxylic acids is 2. The molecule has 198 valence electrons. The van der Waals surface area contributed by atoms with Crippen LogP contribution in [0.15, 0.2) is 54.6 Å². The SMILES string of the molecule is CCOc1ccc(NC(=O)C[C@H]2C(=O)N(c3ccccc3)C(=S)N2CCCN2CCN(CC)CC2)cc1. The summed E-state index contributed by atoms with van der Waals surface area (Å²) in [4.78, 5) is 35.0. The van der Waals surface area contributed by atoms with Gasteiger partial charge in [0.25, 0.3) is 5.91 Å². The van der Waals surface area contributed by atoms with Crippen molar-refractivity contribution < 1.29 is 14.3 Å². The summed E-state index contributed by atoms with van der Waals surface area (Å²) in [6.07, 6.45) is 0.907. The third kappa shape index (κ3) is 6.85. The van der Waals surface area contributed by atoms with Gasteiger partial charge in [0.15, 0.2) is 5.11 Å². The van der Waals surface area contributed by atoms with Crippen LogP contribution in [0.2, 0.25) is 0 Å². The second-order valence-corrected chi connectivity index (χ2v) is 9.71. The van der Waals surface area contributed by atoms with E-state index in [1.807, 2.05) is 54.3 Å². The van der Waals surface area contributed by atoms with Gasteiger partial charge in [-0.3, -0.25) is 14.5 Å². The molecule has 37 heavy (non-hydrogen) atoms. The van der Waals surface area contributed by atoms with Gasteiger partial charge in [-0.05, 0) is 75.1 Å². The molecule has 0 aromatic heterocycles. The average molecular weight is 524 g/mol. The first kappa shape index (κ1) is 27.0. The van der Waals surface area contributed by atoms with Gasteiger partial charge in [0, 0.05) is 38.4 Å². The Hall–Kier alpha value is -3.01. The van der Waals surface area contributed by atoms with E-state index in [4.69, 9.17) is 17.0 Å². The number of rotatable bonds is 11. The van der Waals surface area contributed by atoms with Crippen LogP contribution in [0.25, 0.3) is 0 Å². The molecule has 2 aliphatic heterocycles. The van der Waals surface area contributed by atoms with Crippen LogP contribution in [0.5, 0.6) is 5.75 Å². The number of nitrogens with one attached hydrogen (secondary N) is 1. The zero-order valence-electron chi connectivity index (χ0n) is 21.8. The summed E-state index contributed by atoms with van der Waals surface area (Å²) in [6, 6.07) is 16.0. The number of anilines is 2. The lowest BCUT2D eigenvalue weighted by molar-refractivity contribution is -0.124. The number of ether oxygens (including phenoxy) is 1. The highest BCUT2D eigenvalue weighted by Gasteiger charge is 2.43. The molecule has 2 heterocycles. The lowest BCUT2D eigenvalue weighted by atomic mass is 10.1. The number of piperazine rings is 1. The monoisotopic (exact) mass is 523 g/mol. The van der Waals surface area contributed by atoms with Crippen molar-refractivity contribution in [3.63, 3.8) is 0 Å². The second-order valence-electron chi connectivity index (χ2n) is 9.34. The number of nitrogens with zero attached hydrogens (tertiary/aromatic N) is 4. The zero-order chi connectivity index (χ0) is 26.2. The first-order valence-electron chi connectivity index (χ1n) is 13.2. The van der Waals surface area contributed by atoms with Gasteiger partial charge >= 0.3 is 0 Å². The average Bonchev–Trinajstić information content (AvgIpc) is 3.14. The van der Waals surface area contributed by atoms with Gasteiger partial charge in [0.2, 0.25) is 5.91 Å². The lowest BCUT2D eigenvalue weighted by Crippen LogP contribution is -2.47. The van der Waals surface area contributed by atoms with E-state index in [0.29, 0.717) is 24.0 Å². The molecular formula is C28H37N5O3S. The van der Waals surface area contributed by atoms with Gasteiger partial charge in [0.05, 0.1) is 18.7 Å². The Bertz CT molecular complexity index is 1060. The molecular weight excluding hydrogens is 486 g/mol. The Labute approximate surface area is 225 Å². The summed E-state index contributed by atoms with van der Waals surface area (Å²) in [6.45, 7) is 11.7. The van der Waals surface area contributed by atoms with E-state index in [9.17, 15) is 9.59 Å². The molecule has 1 atom stereocenters. The van der Waals surface area contributed by atoms with Crippen molar-refractivity contribution in [2.75, 3.05) is 62.6 Å². The highest BCUT2D eigenvalue weighted by Crippen LogP contribution is 2.27. The van der Waals surface area contributed by atoms with Crippen LogP contribution in [0.4, 0.5) is 11.4 Å². The minimum Gasteiger partial charge on any atom is -0.494 e. The van der Waals surface area contributed by atoms with Gasteiger partial charge in [-0.2, -0.15) is 0 Å². The van der Waals surface area contributed by atoms with E-state index in [2.05, 4.69) is 22.0 Å². The van der Waals surface area contributed by atoms with Gasteiger partial charge in [-0.25, -0.2) is 0 Å². The summed E-state index contributed by atoms with van der Waals surface area (Å²) >= 11 is 5.79. The van der Waals surface area contributed by atoms with Crippen molar-refractivity contribution >= 4 is 40.5 Å². The van der Waals surface area contributed by atoms with Gasteiger partial charge in [-0.15, -0.1) is 0 Å². The van der Waals surface area contributed by atoms with Crippen LogP contribution in [-0.4, -0.2) is 90.1 Å². The molecule has 2 aliphatic rings. The van der Waals surface area contributed by atoms with E-state index < -0.39 is 6.04 Å². The van der Waals surface area contributed by atoms with Crippen molar-refractivity contribution in [2.45, 2.75) is 32.7 Å². The Morgan fingerprint density at radius 2 is 1.65 bits per heavy atom. The molecule has 2 aromatic rings. The first-order chi connectivity index (χ1) is 18.0. The van der Waals surface area contributed by atoms with Crippen molar-refractivity contribution in [2.24, 2.45) is 0 Å². The second kappa shape index (κ2) is 13.0. The van der Waals surface area contributed by atoms with Crippen molar-refractivity contribution in [1.82, 2.24) is 14.7 Å². The maximum absolute atomic E-state index is 13.5. The predicted molar refractivity (Wildman–Crippen MR) is 151 cm³/mol. The molecule has 0 bridgehead atoms. The topological polar surface area (TPSA) is 68.4 Å². The Morgan fingerprint density at radius 1 is 0.973 bits per heavy atom. The molecule has 0 aliphatic carbocycles. The number of hydrogen-bond acceptors (Lipinski definition) is 6. The third-order valence-corrected chi connectivity index (χ3v) is 7.36. The van der Waals surface area contributed by atoms with Crippen molar-refractivity contribution in [1.29, 1.82) is 0 Å². The van der Waals surface area contributed by atoms with E-state index in [1.54, 1.807) is 17.0 Å². The van der Waals surface area contributed by atoms with Crippen LogP contribution >= 0.6 is 12.2 Å². The van der Waals surface area contributed by atoms with E-state index in [0.717, 1.165) is 57.1 Å². The normalized spacial score (nSPS) is 18.9. The molecule has 2 aromatic carbocycles. The molecule has 0 spiro atoms. The number of carbonyl (C=O) groups is 2. The number of likely N-dealkylation sites (N-methyl/N-ethyl adjacent to an activating group) is 1. The minimum absolute atomic E-state index is 0.0324. The van der Waals surface area contributed by atoms with E-state index >= 15 is 0 Å². The molecule has 2 fully saturated rings. The van der Waals surface area contributed by atoms with Crippen molar-refractivity contribution in [3.05, 3.63) is 54.6 Å². The summed E-state index contributed by atoms with van der Waals surface area (Å²) in [5.74, 6) is 0.369. The van der Waals surface area contributed by atoms with Gasteiger partial charge in [0.1, 0.15) is 11.8 Å². The molecule has 4 rings (SSSR count). The molecule has 1 N–H and O–H groups in total. The third-order valence-electron chi connectivity index (χ3n) is 6.95. The van der Waals surface area contributed by atoms with Crippen LogP contribution < -0.4 is 15.0 Å². The fraction of sp³-hybridized carbons (Fsp3) is 0.464. The van der Waals surface area contributed by atoms with Crippen LogP contribution in [0, 0.1) is 0 Å². The van der Waals surface area contributed by atoms with E-state index in [-0.39, 0.29) is 18.2 Å². The molecule has 8 nitrogen and oxygen atoms in total. The Morgan fingerprint density at radius 3 is 2.30 bits per heavy atom. The molecule has 9 heteroatoms. The largest absolute Gasteiger partial charge is 0.494 e.